The lowest BCUT2D eigenvalue weighted by Gasteiger charge is -2.15. The number of hydrogen-bond donors (Lipinski definition) is 1. The molecule has 1 saturated carbocycles. The number of aryl methyl sites for hydroxylation is 2. The topological polar surface area (TPSA) is 48.7 Å². The largest absolute Gasteiger partial charge is 0.366 e. The van der Waals surface area contributed by atoms with Crippen molar-refractivity contribution in [2.75, 3.05) is 5.32 Å². The molecule has 1 aromatic rings. The molecule has 1 heterocycles. The molecule has 90 valence electrons. The Morgan fingerprint density at radius 1 is 1.41 bits per heavy atom. The normalized spacial score (nSPS) is 23.4. The van der Waals surface area contributed by atoms with Gasteiger partial charge in [0.25, 0.3) is 0 Å². The first-order valence-electron chi connectivity index (χ1n) is 6.25. The number of nitrogens with one attached hydrogen (secondary N) is 1. The van der Waals surface area contributed by atoms with Crippen molar-refractivity contribution in [3.8, 4) is 6.07 Å². The van der Waals surface area contributed by atoms with Gasteiger partial charge in [-0.2, -0.15) is 5.26 Å². The minimum Gasteiger partial charge on any atom is -0.366 e. The first-order chi connectivity index (χ1) is 8.10. The van der Waals surface area contributed by atoms with Crippen molar-refractivity contribution in [3.05, 3.63) is 22.9 Å². The monoisotopic (exact) mass is 229 g/mol. The van der Waals surface area contributed by atoms with E-state index in [9.17, 15) is 5.26 Å². The van der Waals surface area contributed by atoms with Crippen molar-refractivity contribution in [1.82, 2.24) is 4.98 Å². The van der Waals surface area contributed by atoms with Crippen LogP contribution >= 0.6 is 0 Å². The van der Waals surface area contributed by atoms with Crippen LogP contribution in [0.3, 0.4) is 0 Å². The Labute approximate surface area is 103 Å². The predicted octanol–water partition coefficient (Wildman–Crippen LogP) is 3.17. The van der Waals surface area contributed by atoms with Crippen LogP contribution in [0.4, 0.5) is 5.82 Å². The number of anilines is 1. The van der Waals surface area contributed by atoms with Crippen LogP contribution in [0.15, 0.2) is 6.07 Å². The molecule has 0 saturated heterocycles. The number of nitriles is 1. The zero-order valence-electron chi connectivity index (χ0n) is 10.7. The van der Waals surface area contributed by atoms with Gasteiger partial charge in [0.15, 0.2) is 0 Å². The summed E-state index contributed by atoms with van der Waals surface area (Å²) in [5.41, 5.74) is 2.67. The fourth-order valence-electron chi connectivity index (χ4n) is 2.61. The zero-order valence-corrected chi connectivity index (χ0v) is 10.7. The number of rotatable bonds is 2. The average molecular weight is 229 g/mol. The number of aromatic nitrogens is 1. The third kappa shape index (κ3) is 2.58. The summed E-state index contributed by atoms with van der Waals surface area (Å²) in [6.07, 6.45) is 3.63. The lowest BCUT2D eigenvalue weighted by Crippen LogP contribution is -2.17. The second-order valence-corrected chi connectivity index (χ2v) is 5.18. The SMILES string of the molecule is Cc1cc(C)c(C#N)c(NC2CCC(C)C2)n1. The molecule has 1 aliphatic carbocycles. The lowest BCUT2D eigenvalue weighted by molar-refractivity contribution is 0.602. The van der Waals surface area contributed by atoms with Crippen molar-refractivity contribution >= 4 is 5.82 Å². The van der Waals surface area contributed by atoms with E-state index in [0.29, 0.717) is 11.6 Å². The number of pyridine rings is 1. The van der Waals surface area contributed by atoms with Gasteiger partial charge >= 0.3 is 0 Å². The Morgan fingerprint density at radius 2 is 2.18 bits per heavy atom. The third-order valence-electron chi connectivity index (χ3n) is 3.49. The van der Waals surface area contributed by atoms with E-state index in [1.807, 2.05) is 19.9 Å². The molecular formula is C14H19N3. The van der Waals surface area contributed by atoms with E-state index >= 15 is 0 Å². The van der Waals surface area contributed by atoms with Crippen molar-refractivity contribution in [2.45, 2.75) is 46.1 Å². The van der Waals surface area contributed by atoms with Gasteiger partial charge < -0.3 is 5.32 Å². The summed E-state index contributed by atoms with van der Waals surface area (Å²) in [6.45, 7) is 6.22. The van der Waals surface area contributed by atoms with Gasteiger partial charge in [0.1, 0.15) is 11.9 Å². The van der Waals surface area contributed by atoms with Gasteiger partial charge in [0.05, 0.1) is 5.56 Å². The van der Waals surface area contributed by atoms with Gasteiger partial charge in [-0.15, -0.1) is 0 Å². The van der Waals surface area contributed by atoms with Crippen LogP contribution in [0.5, 0.6) is 0 Å². The summed E-state index contributed by atoms with van der Waals surface area (Å²) >= 11 is 0. The van der Waals surface area contributed by atoms with Gasteiger partial charge in [0.2, 0.25) is 0 Å². The first-order valence-corrected chi connectivity index (χ1v) is 6.25. The standard InChI is InChI=1S/C14H19N3/c1-9-4-5-12(6-9)17-14-13(8-15)10(2)7-11(3)16-14/h7,9,12H,4-6H2,1-3H3,(H,16,17). The molecule has 17 heavy (non-hydrogen) atoms. The minimum atomic E-state index is 0.478. The Hall–Kier alpha value is -1.56. The van der Waals surface area contributed by atoms with Crippen LogP contribution in [0.1, 0.15) is 43.0 Å². The zero-order chi connectivity index (χ0) is 12.4. The van der Waals surface area contributed by atoms with Crippen molar-refractivity contribution in [3.63, 3.8) is 0 Å². The molecule has 0 radical (unpaired) electrons. The second-order valence-electron chi connectivity index (χ2n) is 5.18. The third-order valence-corrected chi connectivity index (χ3v) is 3.49. The molecule has 3 heteroatoms. The molecule has 1 aromatic heterocycles. The highest BCUT2D eigenvalue weighted by molar-refractivity contribution is 5.56. The summed E-state index contributed by atoms with van der Waals surface area (Å²) in [7, 11) is 0. The van der Waals surface area contributed by atoms with E-state index in [4.69, 9.17) is 0 Å². The van der Waals surface area contributed by atoms with Gasteiger partial charge in [-0.3, -0.25) is 0 Å². The summed E-state index contributed by atoms with van der Waals surface area (Å²) < 4.78 is 0. The van der Waals surface area contributed by atoms with Crippen LogP contribution in [-0.4, -0.2) is 11.0 Å². The van der Waals surface area contributed by atoms with Gasteiger partial charge in [0, 0.05) is 11.7 Å². The van der Waals surface area contributed by atoms with E-state index in [1.165, 1.54) is 19.3 Å². The fraction of sp³-hybridized carbons (Fsp3) is 0.571. The molecule has 1 fully saturated rings. The highest BCUT2D eigenvalue weighted by Gasteiger charge is 2.22. The molecular weight excluding hydrogens is 210 g/mol. The maximum atomic E-state index is 9.19. The highest BCUT2D eigenvalue weighted by Crippen LogP contribution is 2.28. The van der Waals surface area contributed by atoms with Crippen molar-refractivity contribution < 1.29 is 0 Å². The van der Waals surface area contributed by atoms with Gasteiger partial charge in [-0.1, -0.05) is 6.92 Å². The number of hydrogen-bond acceptors (Lipinski definition) is 3. The summed E-state index contributed by atoms with van der Waals surface area (Å²) in [5.74, 6) is 1.55. The highest BCUT2D eigenvalue weighted by atomic mass is 15.0. The van der Waals surface area contributed by atoms with Crippen molar-refractivity contribution in [1.29, 1.82) is 5.26 Å². The molecule has 0 amide bonds. The van der Waals surface area contributed by atoms with Gasteiger partial charge in [-0.05, 0) is 50.7 Å². The predicted molar refractivity (Wildman–Crippen MR) is 68.9 cm³/mol. The number of nitrogens with zero attached hydrogens (tertiary/aromatic N) is 2. The molecule has 0 aromatic carbocycles. The summed E-state index contributed by atoms with van der Waals surface area (Å²) in [4.78, 5) is 4.46. The van der Waals surface area contributed by atoms with Crippen LogP contribution in [0.25, 0.3) is 0 Å². The molecule has 1 N–H and O–H groups in total. The first kappa shape index (κ1) is 11.9. The van der Waals surface area contributed by atoms with Crippen molar-refractivity contribution in [2.24, 2.45) is 5.92 Å². The van der Waals surface area contributed by atoms with Crippen LogP contribution in [0.2, 0.25) is 0 Å². The van der Waals surface area contributed by atoms with Crippen LogP contribution in [-0.2, 0) is 0 Å². The van der Waals surface area contributed by atoms with E-state index in [-0.39, 0.29) is 0 Å². The van der Waals surface area contributed by atoms with Crippen LogP contribution < -0.4 is 5.32 Å². The smallest absolute Gasteiger partial charge is 0.144 e. The quantitative estimate of drug-likeness (QED) is 0.847. The van der Waals surface area contributed by atoms with E-state index < -0.39 is 0 Å². The minimum absolute atomic E-state index is 0.478. The Morgan fingerprint density at radius 3 is 2.76 bits per heavy atom. The van der Waals surface area contributed by atoms with Gasteiger partial charge in [-0.25, -0.2) is 4.98 Å². The molecule has 2 atom stereocenters. The van der Waals surface area contributed by atoms with E-state index in [1.54, 1.807) is 0 Å². The Bertz CT molecular complexity index is 459. The Balaban J connectivity index is 2.23. The summed E-state index contributed by atoms with van der Waals surface area (Å²) in [6, 6.07) is 4.69. The second kappa shape index (κ2) is 4.75. The molecule has 1 aliphatic rings. The fourth-order valence-corrected chi connectivity index (χ4v) is 2.61. The average Bonchev–Trinajstić information content (AvgIpc) is 2.63. The molecule has 0 spiro atoms. The maximum Gasteiger partial charge on any atom is 0.144 e. The molecule has 0 bridgehead atoms. The Kier molecular flexibility index (Phi) is 3.33. The molecule has 2 unspecified atom stereocenters. The molecule has 2 rings (SSSR count). The van der Waals surface area contributed by atoms with E-state index in [0.717, 1.165) is 23.0 Å². The van der Waals surface area contributed by atoms with Crippen LogP contribution in [0, 0.1) is 31.1 Å². The molecule has 0 aliphatic heterocycles. The summed E-state index contributed by atoms with van der Waals surface area (Å²) in [5, 5.41) is 12.6. The maximum absolute atomic E-state index is 9.19. The lowest BCUT2D eigenvalue weighted by atomic mass is 10.1. The van der Waals surface area contributed by atoms with E-state index in [2.05, 4.69) is 23.3 Å². The molecule has 3 nitrogen and oxygen atoms in total.